The summed E-state index contributed by atoms with van der Waals surface area (Å²) in [6, 6.07) is 18.0. The maximum Gasteiger partial charge on any atom is 0.270 e. The number of aromatic nitrogens is 2. The highest BCUT2D eigenvalue weighted by Gasteiger charge is 2.21. The predicted molar refractivity (Wildman–Crippen MR) is 124 cm³/mol. The second kappa shape index (κ2) is 9.20. The van der Waals surface area contributed by atoms with Crippen LogP contribution in [-0.4, -0.2) is 45.6 Å². The van der Waals surface area contributed by atoms with Crippen LogP contribution in [0.25, 0.3) is 21.8 Å². The molecular formula is C25H26N4O3. The maximum absolute atomic E-state index is 12.8. The molecule has 2 aromatic heterocycles. The highest BCUT2D eigenvalue weighted by atomic mass is 16.3. The lowest BCUT2D eigenvalue weighted by Crippen LogP contribution is -2.49. The third-order valence-electron chi connectivity index (χ3n) is 5.54. The van der Waals surface area contributed by atoms with Crippen LogP contribution in [0.4, 0.5) is 0 Å². The Morgan fingerprint density at radius 1 is 1.03 bits per heavy atom. The van der Waals surface area contributed by atoms with E-state index in [4.69, 9.17) is 0 Å². The van der Waals surface area contributed by atoms with E-state index in [9.17, 15) is 14.7 Å². The molecule has 0 aliphatic carbocycles. The number of nitrogens with one attached hydrogen (secondary N) is 3. The van der Waals surface area contributed by atoms with Gasteiger partial charge < -0.3 is 20.7 Å². The molecular weight excluding hydrogens is 404 g/mol. The van der Waals surface area contributed by atoms with Gasteiger partial charge in [0, 0.05) is 16.3 Å². The van der Waals surface area contributed by atoms with E-state index in [1.807, 2.05) is 61.5 Å². The number of carbonyl (C=O) groups is 2. The number of hydrogen-bond acceptors (Lipinski definition) is 4. The zero-order chi connectivity index (χ0) is 22.7. The molecule has 0 aliphatic rings. The molecule has 0 radical (unpaired) electrons. The lowest BCUT2D eigenvalue weighted by Gasteiger charge is -2.20. The van der Waals surface area contributed by atoms with Crippen molar-refractivity contribution in [2.24, 2.45) is 0 Å². The van der Waals surface area contributed by atoms with Crippen LogP contribution < -0.4 is 10.6 Å². The summed E-state index contributed by atoms with van der Waals surface area (Å²) in [6.07, 6.45) is 0.502. The summed E-state index contributed by atoms with van der Waals surface area (Å²) in [6.45, 7) is 3.26. The number of hydrogen-bond donors (Lipinski definition) is 4. The number of amides is 2. The Hall–Kier alpha value is -3.71. The fraction of sp³-hybridized carbons (Fsp3) is 0.240. The van der Waals surface area contributed by atoms with Crippen molar-refractivity contribution in [3.05, 3.63) is 77.6 Å². The van der Waals surface area contributed by atoms with Gasteiger partial charge in [-0.2, -0.15) is 0 Å². The van der Waals surface area contributed by atoms with E-state index < -0.39 is 18.0 Å². The molecule has 4 aromatic rings. The van der Waals surface area contributed by atoms with Crippen molar-refractivity contribution in [2.75, 3.05) is 6.61 Å². The van der Waals surface area contributed by atoms with Gasteiger partial charge in [-0.3, -0.25) is 9.59 Å². The molecule has 2 heterocycles. The molecule has 0 fully saturated rings. The molecule has 0 aliphatic heterocycles. The van der Waals surface area contributed by atoms with E-state index in [1.54, 1.807) is 13.0 Å². The van der Waals surface area contributed by atoms with Gasteiger partial charge in [0.25, 0.3) is 5.91 Å². The average Bonchev–Trinajstić information content (AvgIpc) is 3.18. The molecule has 0 saturated heterocycles. The fourth-order valence-electron chi connectivity index (χ4n) is 3.84. The van der Waals surface area contributed by atoms with Crippen LogP contribution in [0, 0.1) is 6.92 Å². The summed E-state index contributed by atoms with van der Waals surface area (Å²) in [5.41, 5.74) is 3.84. The van der Waals surface area contributed by atoms with Gasteiger partial charge in [-0.1, -0.05) is 48.5 Å². The minimum Gasteiger partial charge on any atom is -0.394 e. The van der Waals surface area contributed by atoms with E-state index in [-0.39, 0.29) is 18.2 Å². The number of nitrogens with zero attached hydrogens (tertiary/aromatic N) is 1. The standard InChI is InChI=1S/C25H26N4O3/c1-15-23-20(19-10-6-7-11-21(19)29-23)13-22(26-15)25(32)27-16(2)24(31)28-18(14-30)12-17-8-4-3-5-9-17/h3-11,13,16,18,29-30H,12,14H2,1-2H3,(H,27,32)(H,28,31). The number of aliphatic hydroxyl groups is 1. The Kier molecular flexibility index (Phi) is 6.18. The van der Waals surface area contributed by atoms with E-state index in [0.29, 0.717) is 12.1 Å². The molecule has 0 spiro atoms. The minimum absolute atomic E-state index is 0.195. The Morgan fingerprint density at radius 2 is 1.75 bits per heavy atom. The van der Waals surface area contributed by atoms with Crippen LogP contribution in [-0.2, 0) is 11.2 Å². The molecule has 7 nitrogen and oxygen atoms in total. The van der Waals surface area contributed by atoms with E-state index >= 15 is 0 Å². The smallest absolute Gasteiger partial charge is 0.270 e. The molecule has 7 heteroatoms. The van der Waals surface area contributed by atoms with Crippen molar-refractivity contribution in [2.45, 2.75) is 32.4 Å². The first kappa shape index (κ1) is 21.5. The summed E-state index contributed by atoms with van der Waals surface area (Å²) in [5.74, 6) is -0.787. The number of aromatic amines is 1. The first-order valence-electron chi connectivity index (χ1n) is 10.6. The molecule has 2 amide bonds. The van der Waals surface area contributed by atoms with Gasteiger partial charge in [0.05, 0.1) is 23.9 Å². The highest BCUT2D eigenvalue weighted by Crippen LogP contribution is 2.27. The minimum atomic E-state index is -0.784. The molecule has 0 bridgehead atoms. The lowest BCUT2D eigenvalue weighted by molar-refractivity contribution is -0.123. The summed E-state index contributed by atoms with van der Waals surface area (Å²) in [5, 5.41) is 17.1. The number of aryl methyl sites for hydroxylation is 1. The first-order valence-corrected chi connectivity index (χ1v) is 10.6. The van der Waals surface area contributed by atoms with Gasteiger partial charge in [-0.05, 0) is 38.0 Å². The van der Waals surface area contributed by atoms with Gasteiger partial charge in [-0.25, -0.2) is 4.98 Å². The summed E-state index contributed by atoms with van der Waals surface area (Å²) in [7, 11) is 0. The lowest BCUT2D eigenvalue weighted by atomic mass is 10.1. The third kappa shape index (κ3) is 4.48. The van der Waals surface area contributed by atoms with Crippen molar-refractivity contribution in [1.29, 1.82) is 0 Å². The molecule has 2 aromatic carbocycles. The number of benzene rings is 2. The van der Waals surface area contributed by atoms with Crippen LogP contribution in [0.3, 0.4) is 0 Å². The van der Waals surface area contributed by atoms with Gasteiger partial charge in [0.2, 0.25) is 5.91 Å². The van der Waals surface area contributed by atoms with Crippen LogP contribution in [0.5, 0.6) is 0 Å². The normalized spacial score (nSPS) is 13.1. The van der Waals surface area contributed by atoms with Gasteiger partial charge in [0.15, 0.2) is 0 Å². The molecule has 2 atom stereocenters. The molecule has 2 unspecified atom stereocenters. The van der Waals surface area contributed by atoms with Crippen molar-refractivity contribution >= 4 is 33.6 Å². The number of pyridine rings is 1. The van der Waals surface area contributed by atoms with E-state index in [2.05, 4.69) is 20.6 Å². The molecule has 164 valence electrons. The number of para-hydroxylation sites is 1. The fourth-order valence-corrected chi connectivity index (χ4v) is 3.84. The summed E-state index contributed by atoms with van der Waals surface area (Å²) in [4.78, 5) is 33.2. The van der Waals surface area contributed by atoms with Crippen LogP contribution >= 0.6 is 0 Å². The Balaban J connectivity index is 1.46. The number of fused-ring (bicyclic) bond motifs is 3. The van der Waals surface area contributed by atoms with Gasteiger partial charge in [0.1, 0.15) is 11.7 Å². The highest BCUT2D eigenvalue weighted by molar-refractivity contribution is 6.10. The Labute approximate surface area is 185 Å². The number of H-pyrrole nitrogens is 1. The van der Waals surface area contributed by atoms with Crippen LogP contribution in [0.15, 0.2) is 60.7 Å². The zero-order valence-electron chi connectivity index (χ0n) is 18.1. The predicted octanol–water partition coefficient (Wildman–Crippen LogP) is 2.86. The molecule has 4 N–H and O–H groups in total. The van der Waals surface area contributed by atoms with Crippen LogP contribution in [0.2, 0.25) is 0 Å². The average molecular weight is 431 g/mol. The van der Waals surface area contributed by atoms with Crippen molar-refractivity contribution < 1.29 is 14.7 Å². The number of aliphatic hydroxyl groups excluding tert-OH is 1. The Morgan fingerprint density at radius 3 is 2.50 bits per heavy atom. The second-order valence-electron chi connectivity index (χ2n) is 7.96. The van der Waals surface area contributed by atoms with Crippen molar-refractivity contribution in [3.8, 4) is 0 Å². The largest absolute Gasteiger partial charge is 0.394 e. The third-order valence-corrected chi connectivity index (χ3v) is 5.54. The molecule has 32 heavy (non-hydrogen) atoms. The van der Waals surface area contributed by atoms with Gasteiger partial charge >= 0.3 is 0 Å². The number of rotatable bonds is 7. The quantitative estimate of drug-likeness (QED) is 0.362. The van der Waals surface area contributed by atoms with Gasteiger partial charge in [-0.15, -0.1) is 0 Å². The first-order chi connectivity index (χ1) is 15.5. The summed E-state index contributed by atoms with van der Waals surface area (Å²) >= 11 is 0. The Bertz CT molecular complexity index is 1270. The zero-order valence-corrected chi connectivity index (χ0v) is 18.1. The van der Waals surface area contributed by atoms with Crippen molar-refractivity contribution in [1.82, 2.24) is 20.6 Å². The maximum atomic E-state index is 12.8. The SMILES string of the molecule is Cc1nc(C(=O)NC(C)C(=O)NC(CO)Cc2ccccc2)cc2c1[nH]c1ccccc12. The topological polar surface area (TPSA) is 107 Å². The summed E-state index contributed by atoms with van der Waals surface area (Å²) < 4.78 is 0. The monoisotopic (exact) mass is 430 g/mol. The molecule has 0 saturated carbocycles. The van der Waals surface area contributed by atoms with Crippen LogP contribution in [0.1, 0.15) is 28.7 Å². The number of carbonyl (C=O) groups excluding carboxylic acids is 2. The van der Waals surface area contributed by atoms with E-state index in [1.165, 1.54) is 0 Å². The molecule has 4 rings (SSSR count). The van der Waals surface area contributed by atoms with Crippen molar-refractivity contribution in [3.63, 3.8) is 0 Å². The van der Waals surface area contributed by atoms with E-state index in [0.717, 1.165) is 27.4 Å². The second-order valence-corrected chi connectivity index (χ2v) is 7.96.